The third-order valence-electron chi connectivity index (χ3n) is 5.63. The van der Waals surface area contributed by atoms with E-state index in [0.29, 0.717) is 17.0 Å². The van der Waals surface area contributed by atoms with Crippen LogP contribution >= 0.6 is 0 Å². The Balaban J connectivity index is 1.36. The maximum absolute atomic E-state index is 12.5. The standard InChI is InChI=1S/C28H27N3O4/c29-18-21-10-8-20(16-27(21)32)9-11-28(33)31-26-7-2-1-4-22(26)19-34-24-5-3-6-25(17-24)35-23-12-14-30-15-13-23/h1-11,16-17,23,30,32H,12-15,19H2,(H,31,33). The molecule has 4 rings (SSSR count). The van der Waals surface area contributed by atoms with Crippen LogP contribution in [0.4, 0.5) is 5.69 Å². The maximum Gasteiger partial charge on any atom is 0.248 e. The number of hydrogen-bond acceptors (Lipinski definition) is 6. The van der Waals surface area contributed by atoms with Gasteiger partial charge in [0.2, 0.25) is 5.91 Å². The summed E-state index contributed by atoms with van der Waals surface area (Å²) in [5.74, 6) is 1.04. The van der Waals surface area contributed by atoms with Crippen LogP contribution in [-0.2, 0) is 11.4 Å². The van der Waals surface area contributed by atoms with Gasteiger partial charge in [-0.1, -0.05) is 30.3 Å². The summed E-state index contributed by atoms with van der Waals surface area (Å²) in [6, 6.07) is 21.6. The van der Waals surface area contributed by atoms with Gasteiger partial charge in [0.15, 0.2) is 0 Å². The van der Waals surface area contributed by atoms with Crippen molar-refractivity contribution in [2.45, 2.75) is 25.6 Å². The highest BCUT2D eigenvalue weighted by Crippen LogP contribution is 2.25. The predicted molar refractivity (Wildman–Crippen MR) is 134 cm³/mol. The number of phenols is 1. The molecule has 1 heterocycles. The molecule has 1 aliphatic heterocycles. The minimum absolute atomic E-state index is 0.122. The van der Waals surface area contributed by atoms with Gasteiger partial charge < -0.3 is 25.2 Å². The lowest BCUT2D eigenvalue weighted by Crippen LogP contribution is -2.34. The van der Waals surface area contributed by atoms with Crippen LogP contribution in [0, 0.1) is 11.3 Å². The van der Waals surface area contributed by atoms with E-state index in [-0.39, 0.29) is 29.9 Å². The first-order valence-corrected chi connectivity index (χ1v) is 11.5. The summed E-state index contributed by atoms with van der Waals surface area (Å²) in [7, 11) is 0. The molecule has 3 aromatic carbocycles. The van der Waals surface area contributed by atoms with E-state index in [2.05, 4.69) is 10.6 Å². The molecular formula is C28H27N3O4. The largest absolute Gasteiger partial charge is 0.507 e. The molecule has 0 atom stereocenters. The van der Waals surface area contributed by atoms with Gasteiger partial charge in [-0.25, -0.2) is 0 Å². The number of para-hydroxylation sites is 1. The van der Waals surface area contributed by atoms with E-state index in [1.165, 1.54) is 18.2 Å². The molecule has 7 nitrogen and oxygen atoms in total. The van der Waals surface area contributed by atoms with Gasteiger partial charge in [0, 0.05) is 23.4 Å². The van der Waals surface area contributed by atoms with E-state index in [1.54, 1.807) is 12.1 Å². The normalized spacial score (nSPS) is 13.8. The molecule has 178 valence electrons. The molecule has 3 aromatic rings. The first-order chi connectivity index (χ1) is 17.1. The number of hydrogen-bond donors (Lipinski definition) is 3. The van der Waals surface area contributed by atoms with E-state index in [9.17, 15) is 9.90 Å². The van der Waals surface area contributed by atoms with Crippen molar-refractivity contribution in [3.8, 4) is 23.3 Å². The van der Waals surface area contributed by atoms with Gasteiger partial charge in [-0.3, -0.25) is 4.79 Å². The van der Waals surface area contributed by atoms with Crippen LogP contribution in [0.1, 0.15) is 29.5 Å². The molecule has 0 spiro atoms. The van der Waals surface area contributed by atoms with Crippen LogP contribution in [0.15, 0.2) is 72.8 Å². The summed E-state index contributed by atoms with van der Waals surface area (Å²) in [6.07, 6.45) is 5.13. The van der Waals surface area contributed by atoms with Crippen molar-refractivity contribution in [2.75, 3.05) is 18.4 Å². The van der Waals surface area contributed by atoms with Crippen LogP contribution in [0.3, 0.4) is 0 Å². The summed E-state index contributed by atoms with van der Waals surface area (Å²) in [4.78, 5) is 12.5. The number of rotatable bonds is 8. The molecule has 0 saturated carbocycles. The second-order valence-electron chi connectivity index (χ2n) is 8.20. The molecule has 7 heteroatoms. The summed E-state index contributed by atoms with van der Waals surface area (Å²) >= 11 is 0. The summed E-state index contributed by atoms with van der Waals surface area (Å²) in [5.41, 5.74) is 2.27. The van der Waals surface area contributed by atoms with Crippen molar-refractivity contribution in [2.24, 2.45) is 0 Å². The van der Waals surface area contributed by atoms with Crippen molar-refractivity contribution in [3.63, 3.8) is 0 Å². The number of aromatic hydroxyl groups is 1. The van der Waals surface area contributed by atoms with E-state index < -0.39 is 0 Å². The highest BCUT2D eigenvalue weighted by molar-refractivity contribution is 6.02. The van der Waals surface area contributed by atoms with Crippen LogP contribution in [0.25, 0.3) is 6.08 Å². The molecule has 0 unspecified atom stereocenters. The summed E-state index contributed by atoms with van der Waals surface area (Å²) in [6.45, 7) is 2.21. The maximum atomic E-state index is 12.5. The Kier molecular flexibility index (Phi) is 8.00. The van der Waals surface area contributed by atoms with Gasteiger partial charge in [0.05, 0.1) is 5.56 Å². The molecule has 1 saturated heterocycles. The summed E-state index contributed by atoms with van der Waals surface area (Å²) in [5, 5.41) is 24.9. The number of nitriles is 1. The molecule has 0 bridgehead atoms. The fourth-order valence-electron chi connectivity index (χ4n) is 3.77. The molecule has 35 heavy (non-hydrogen) atoms. The van der Waals surface area contributed by atoms with Crippen LogP contribution in [0.2, 0.25) is 0 Å². The number of nitrogens with zero attached hydrogens (tertiary/aromatic N) is 1. The first kappa shape index (κ1) is 23.9. The quantitative estimate of drug-likeness (QED) is 0.416. The SMILES string of the molecule is N#Cc1ccc(C=CC(=O)Nc2ccccc2COc2cccc(OC3CCNCC3)c2)cc1O. The van der Waals surface area contributed by atoms with Crippen molar-refractivity contribution in [3.05, 3.63) is 89.5 Å². The number of anilines is 1. The van der Waals surface area contributed by atoms with Crippen LogP contribution in [-0.4, -0.2) is 30.2 Å². The second-order valence-corrected chi connectivity index (χ2v) is 8.20. The highest BCUT2D eigenvalue weighted by atomic mass is 16.5. The molecule has 0 radical (unpaired) electrons. The summed E-state index contributed by atoms with van der Waals surface area (Å²) < 4.78 is 12.1. The average Bonchev–Trinajstić information content (AvgIpc) is 2.88. The third-order valence-corrected chi connectivity index (χ3v) is 5.63. The van der Waals surface area contributed by atoms with Gasteiger partial charge in [0.1, 0.15) is 36.0 Å². The van der Waals surface area contributed by atoms with Gasteiger partial charge in [-0.2, -0.15) is 5.26 Å². The molecule has 0 aliphatic carbocycles. The van der Waals surface area contributed by atoms with Gasteiger partial charge in [-0.05, 0) is 67.9 Å². The van der Waals surface area contributed by atoms with Crippen molar-refractivity contribution in [1.82, 2.24) is 5.32 Å². The number of nitrogens with one attached hydrogen (secondary N) is 2. The molecule has 1 aliphatic rings. The fourth-order valence-corrected chi connectivity index (χ4v) is 3.77. The lowest BCUT2D eigenvalue weighted by atomic mass is 10.1. The Labute approximate surface area is 204 Å². The zero-order chi connectivity index (χ0) is 24.5. The Morgan fingerprint density at radius 1 is 1.09 bits per heavy atom. The van der Waals surface area contributed by atoms with Crippen molar-refractivity contribution < 1.29 is 19.4 Å². The molecule has 1 fully saturated rings. The van der Waals surface area contributed by atoms with Crippen LogP contribution < -0.4 is 20.1 Å². The van der Waals surface area contributed by atoms with Crippen molar-refractivity contribution >= 4 is 17.7 Å². The Hall–Kier alpha value is -4.28. The lowest BCUT2D eigenvalue weighted by molar-refractivity contribution is -0.111. The van der Waals surface area contributed by atoms with E-state index in [1.807, 2.05) is 54.6 Å². The van der Waals surface area contributed by atoms with Crippen molar-refractivity contribution in [1.29, 1.82) is 5.26 Å². The predicted octanol–water partition coefficient (Wildman–Crippen LogP) is 4.63. The Morgan fingerprint density at radius 2 is 1.89 bits per heavy atom. The van der Waals surface area contributed by atoms with Gasteiger partial charge >= 0.3 is 0 Å². The zero-order valence-electron chi connectivity index (χ0n) is 19.2. The second kappa shape index (κ2) is 11.7. The topological polar surface area (TPSA) is 104 Å². The van der Waals surface area contributed by atoms with Gasteiger partial charge in [0.25, 0.3) is 0 Å². The van der Waals surface area contributed by atoms with Gasteiger partial charge in [-0.15, -0.1) is 0 Å². The van der Waals surface area contributed by atoms with E-state index in [0.717, 1.165) is 37.2 Å². The highest BCUT2D eigenvalue weighted by Gasteiger charge is 2.14. The minimum atomic E-state index is -0.321. The monoisotopic (exact) mass is 469 g/mol. The number of ether oxygens (including phenoxy) is 2. The number of piperidine rings is 1. The third kappa shape index (κ3) is 6.85. The fraction of sp³-hybridized carbons (Fsp3) is 0.214. The van der Waals surface area contributed by atoms with E-state index in [4.69, 9.17) is 14.7 Å². The molecule has 3 N–H and O–H groups in total. The van der Waals surface area contributed by atoms with E-state index >= 15 is 0 Å². The minimum Gasteiger partial charge on any atom is -0.507 e. The molecule has 1 amide bonds. The lowest BCUT2D eigenvalue weighted by Gasteiger charge is -2.24. The molecular weight excluding hydrogens is 442 g/mol. The smallest absolute Gasteiger partial charge is 0.248 e. The zero-order valence-corrected chi connectivity index (χ0v) is 19.2. The van der Waals surface area contributed by atoms with Crippen LogP contribution in [0.5, 0.6) is 17.2 Å². The Morgan fingerprint density at radius 3 is 2.69 bits per heavy atom. The Bertz CT molecular complexity index is 1240. The number of benzene rings is 3. The number of amides is 1. The first-order valence-electron chi connectivity index (χ1n) is 11.5. The number of carbonyl (C=O) groups excluding carboxylic acids is 1. The molecule has 0 aromatic heterocycles. The average molecular weight is 470 g/mol. The number of phenolic OH excluding ortho intramolecular Hbond substituents is 1. The number of carbonyl (C=O) groups is 1.